The molecule has 8 heteroatoms. The van der Waals surface area contributed by atoms with Gasteiger partial charge in [0, 0.05) is 19.3 Å². The molecular formula is C46H80NO7+. The number of quaternary nitrogens is 1. The summed E-state index contributed by atoms with van der Waals surface area (Å²) in [6.45, 7) is 4.55. The molecule has 0 aromatic heterocycles. The van der Waals surface area contributed by atoms with Crippen molar-refractivity contribution in [2.24, 2.45) is 0 Å². The molecule has 2 unspecified atom stereocenters. The number of carbonyl (C=O) groups is 3. The summed E-state index contributed by atoms with van der Waals surface area (Å²) >= 11 is 0. The Hall–Kier alpha value is -2.97. The summed E-state index contributed by atoms with van der Waals surface area (Å²) in [6, 6.07) is -0.623. The monoisotopic (exact) mass is 759 g/mol. The zero-order valence-electron chi connectivity index (χ0n) is 35.2. The van der Waals surface area contributed by atoms with Crippen LogP contribution < -0.4 is 0 Å². The van der Waals surface area contributed by atoms with Crippen LogP contribution in [0.2, 0.25) is 0 Å². The molecule has 0 rings (SSSR count). The van der Waals surface area contributed by atoms with Crippen LogP contribution in [0.5, 0.6) is 0 Å². The molecule has 310 valence electrons. The second-order valence-electron chi connectivity index (χ2n) is 15.2. The maximum atomic E-state index is 12.7. The van der Waals surface area contributed by atoms with Gasteiger partial charge in [-0.1, -0.05) is 152 Å². The summed E-state index contributed by atoms with van der Waals surface area (Å²) < 4.78 is 17.2. The van der Waals surface area contributed by atoms with E-state index in [4.69, 9.17) is 14.2 Å². The second kappa shape index (κ2) is 37.0. The minimum atomic E-state index is -0.884. The molecule has 0 bridgehead atoms. The minimum absolute atomic E-state index is 0.0428. The number of carboxylic acid groups (broad SMARTS) is 1. The fourth-order valence-electron chi connectivity index (χ4n) is 5.89. The highest BCUT2D eigenvalue weighted by Crippen LogP contribution is 2.14. The van der Waals surface area contributed by atoms with Crippen LogP contribution in [-0.4, -0.2) is 80.6 Å². The van der Waals surface area contributed by atoms with E-state index in [1.165, 1.54) is 64.2 Å². The SMILES string of the molecule is CC/C=C/C/C=C/C/C=C/C/C=C/C/C=C/CCCC(=O)OCC(COCCC(C(=O)O)[N+](C)(C)C)OC(=O)CCCCCCCCCCCCCCC. The predicted molar refractivity (Wildman–Crippen MR) is 224 cm³/mol. The molecule has 1 N–H and O–H groups in total. The zero-order chi connectivity index (χ0) is 40.0. The van der Waals surface area contributed by atoms with Gasteiger partial charge in [-0.2, -0.15) is 0 Å². The number of aliphatic carboxylic acids is 1. The van der Waals surface area contributed by atoms with E-state index < -0.39 is 18.1 Å². The Kier molecular flexibility index (Phi) is 34.9. The molecule has 0 radical (unpaired) electrons. The number of nitrogens with zero attached hydrogens (tertiary/aromatic N) is 1. The molecule has 0 amide bonds. The third-order valence-corrected chi connectivity index (χ3v) is 9.18. The van der Waals surface area contributed by atoms with E-state index in [9.17, 15) is 19.5 Å². The van der Waals surface area contributed by atoms with Crippen molar-refractivity contribution in [3.63, 3.8) is 0 Å². The van der Waals surface area contributed by atoms with Gasteiger partial charge in [0.2, 0.25) is 0 Å². The first-order valence-corrected chi connectivity index (χ1v) is 21.3. The lowest BCUT2D eigenvalue weighted by Gasteiger charge is -2.31. The van der Waals surface area contributed by atoms with Crippen molar-refractivity contribution in [2.45, 2.75) is 174 Å². The van der Waals surface area contributed by atoms with Gasteiger partial charge in [0.15, 0.2) is 12.1 Å². The first-order chi connectivity index (χ1) is 26.1. The number of allylic oxidation sites excluding steroid dienone is 10. The fraction of sp³-hybridized carbons (Fsp3) is 0.717. The number of carboxylic acids is 1. The third kappa shape index (κ3) is 34.8. The number of hydrogen-bond donors (Lipinski definition) is 1. The topological polar surface area (TPSA) is 99.1 Å². The van der Waals surface area contributed by atoms with Gasteiger partial charge in [0.1, 0.15) is 6.61 Å². The van der Waals surface area contributed by atoms with Crippen molar-refractivity contribution in [3.05, 3.63) is 60.8 Å². The Bertz CT molecular complexity index is 1070. The van der Waals surface area contributed by atoms with Crippen molar-refractivity contribution in [3.8, 4) is 0 Å². The molecule has 54 heavy (non-hydrogen) atoms. The van der Waals surface area contributed by atoms with Gasteiger partial charge >= 0.3 is 17.9 Å². The van der Waals surface area contributed by atoms with Crippen LogP contribution in [0.25, 0.3) is 0 Å². The van der Waals surface area contributed by atoms with E-state index in [-0.39, 0.29) is 42.7 Å². The molecule has 0 saturated carbocycles. The number of esters is 2. The highest BCUT2D eigenvalue weighted by molar-refractivity contribution is 5.72. The summed E-state index contributed by atoms with van der Waals surface area (Å²) in [7, 11) is 5.50. The van der Waals surface area contributed by atoms with E-state index >= 15 is 0 Å². The van der Waals surface area contributed by atoms with Crippen molar-refractivity contribution < 1.29 is 38.2 Å². The van der Waals surface area contributed by atoms with E-state index in [1.54, 1.807) is 0 Å². The molecule has 8 nitrogen and oxygen atoms in total. The lowest BCUT2D eigenvalue weighted by molar-refractivity contribution is -0.887. The first-order valence-electron chi connectivity index (χ1n) is 21.3. The molecule has 0 aromatic rings. The van der Waals surface area contributed by atoms with E-state index in [2.05, 4.69) is 74.6 Å². The van der Waals surface area contributed by atoms with Gasteiger partial charge in [-0.3, -0.25) is 9.59 Å². The normalized spacial score (nSPS) is 13.6. The van der Waals surface area contributed by atoms with Crippen LogP contribution >= 0.6 is 0 Å². The van der Waals surface area contributed by atoms with Crippen LogP contribution in [0.1, 0.15) is 162 Å². The Morgan fingerprint density at radius 1 is 0.574 bits per heavy atom. The highest BCUT2D eigenvalue weighted by atomic mass is 16.6. The van der Waals surface area contributed by atoms with Gasteiger partial charge in [-0.05, 0) is 51.4 Å². The van der Waals surface area contributed by atoms with Gasteiger partial charge in [0.05, 0.1) is 34.4 Å². The van der Waals surface area contributed by atoms with Crippen molar-refractivity contribution >= 4 is 17.9 Å². The van der Waals surface area contributed by atoms with Crippen LogP contribution in [0.15, 0.2) is 60.8 Å². The van der Waals surface area contributed by atoms with Crippen molar-refractivity contribution in [2.75, 3.05) is 41.0 Å². The third-order valence-electron chi connectivity index (χ3n) is 9.18. The summed E-state index contributed by atoms with van der Waals surface area (Å²) in [4.78, 5) is 36.9. The Morgan fingerprint density at radius 2 is 1.04 bits per heavy atom. The smallest absolute Gasteiger partial charge is 0.362 e. The van der Waals surface area contributed by atoms with E-state index in [0.717, 1.165) is 57.8 Å². The lowest BCUT2D eigenvalue weighted by atomic mass is 10.0. The van der Waals surface area contributed by atoms with E-state index in [0.29, 0.717) is 19.3 Å². The zero-order valence-corrected chi connectivity index (χ0v) is 35.2. The van der Waals surface area contributed by atoms with Crippen LogP contribution in [0.4, 0.5) is 0 Å². The summed E-state index contributed by atoms with van der Waals surface area (Å²) in [5.41, 5.74) is 0. The van der Waals surface area contributed by atoms with E-state index in [1.807, 2.05) is 21.1 Å². The lowest BCUT2D eigenvalue weighted by Crippen LogP contribution is -2.50. The minimum Gasteiger partial charge on any atom is -0.477 e. The van der Waals surface area contributed by atoms with Gasteiger partial charge < -0.3 is 23.8 Å². The van der Waals surface area contributed by atoms with Crippen LogP contribution in [0, 0.1) is 0 Å². The molecule has 0 aliphatic carbocycles. The first kappa shape index (κ1) is 51.0. The number of unbranched alkanes of at least 4 members (excludes halogenated alkanes) is 13. The highest BCUT2D eigenvalue weighted by Gasteiger charge is 2.31. The number of hydrogen-bond acceptors (Lipinski definition) is 6. The molecule has 0 aliphatic heterocycles. The largest absolute Gasteiger partial charge is 0.477 e. The molecule has 0 fully saturated rings. The molecule has 0 aliphatic rings. The maximum absolute atomic E-state index is 12.7. The van der Waals surface area contributed by atoms with Crippen LogP contribution in [-0.2, 0) is 28.6 Å². The van der Waals surface area contributed by atoms with Crippen molar-refractivity contribution in [1.82, 2.24) is 0 Å². The summed E-state index contributed by atoms with van der Waals surface area (Å²) in [5, 5.41) is 9.60. The quantitative estimate of drug-likeness (QED) is 0.0291. The average molecular weight is 759 g/mol. The van der Waals surface area contributed by atoms with Crippen LogP contribution in [0.3, 0.4) is 0 Å². The van der Waals surface area contributed by atoms with Crippen molar-refractivity contribution in [1.29, 1.82) is 0 Å². The molecule has 2 atom stereocenters. The number of ether oxygens (including phenoxy) is 3. The second-order valence-corrected chi connectivity index (χ2v) is 15.2. The standard InChI is InChI=1S/C46H79NO7/c1-6-8-10-12-14-16-18-20-21-22-23-25-26-28-30-32-34-36-44(48)53-41-42(40-52-39-38-43(46(50)51)47(3,4)5)54-45(49)37-35-33-31-29-27-24-19-17-15-13-11-9-7-2/h8,10,14,16,20-21,23,25,28,30,42-43H,6-7,9,11-13,15,17-19,22,24,26-27,29,31-41H2,1-5H3/p+1/b10-8+,16-14+,21-20+,25-23+,30-28+. The Labute approximate surface area is 330 Å². The number of likely N-dealkylation sites (N-methyl/N-ethyl adjacent to an activating group) is 1. The predicted octanol–water partition coefficient (Wildman–Crippen LogP) is 11.4. The molecule has 0 aromatic carbocycles. The van der Waals surface area contributed by atoms with Gasteiger partial charge in [-0.15, -0.1) is 0 Å². The Morgan fingerprint density at radius 3 is 1.52 bits per heavy atom. The average Bonchev–Trinajstić information content (AvgIpc) is 3.12. The fourth-order valence-corrected chi connectivity index (χ4v) is 5.89. The maximum Gasteiger partial charge on any atom is 0.362 e. The number of rotatable bonds is 37. The summed E-state index contributed by atoms with van der Waals surface area (Å²) in [5.74, 6) is -1.54. The van der Waals surface area contributed by atoms with Gasteiger partial charge in [-0.25, -0.2) is 4.79 Å². The molecule has 0 spiro atoms. The number of carbonyl (C=O) groups excluding carboxylic acids is 2. The van der Waals surface area contributed by atoms with Gasteiger partial charge in [0.25, 0.3) is 0 Å². The summed E-state index contributed by atoms with van der Waals surface area (Å²) in [6.07, 6.45) is 44.1. The Balaban J connectivity index is 4.46. The molecular weight excluding hydrogens is 679 g/mol. The molecule has 0 saturated heterocycles. The molecule has 0 heterocycles.